The number of carbonyl (C=O) groups is 1. The molecule has 5 heteroatoms. The van der Waals surface area contributed by atoms with Crippen molar-refractivity contribution in [2.75, 3.05) is 12.4 Å². The molecule has 0 aliphatic carbocycles. The van der Waals surface area contributed by atoms with Gasteiger partial charge in [-0.3, -0.25) is 0 Å². The van der Waals surface area contributed by atoms with Gasteiger partial charge in [0.15, 0.2) is 0 Å². The summed E-state index contributed by atoms with van der Waals surface area (Å²) < 4.78 is 0. The summed E-state index contributed by atoms with van der Waals surface area (Å²) in [5.41, 5.74) is 0.968. The van der Waals surface area contributed by atoms with Crippen LogP contribution in [0, 0.1) is 0 Å². The SMILES string of the molecule is O=C(N/C=C/c1ccc(Cl)cc1)NCCCCl. The fourth-order valence-electron chi connectivity index (χ4n) is 1.11. The molecule has 1 aromatic carbocycles. The zero-order valence-corrected chi connectivity index (χ0v) is 10.8. The van der Waals surface area contributed by atoms with E-state index in [9.17, 15) is 4.79 Å². The van der Waals surface area contributed by atoms with Crippen molar-refractivity contribution in [3.05, 3.63) is 41.1 Å². The third-order valence-corrected chi connectivity index (χ3v) is 2.48. The van der Waals surface area contributed by atoms with Crippen molar-refractivity contribution in [1.29, 1.82) is 0 Å². The highest BCUT2D eigenvalue weighted by Gasteiger charge is 1.94. The molecule has 17 heavy (non-hydrogen) atoms. The second-order valence-electron chi connectivity index (χ2n) is 3.33. The maximum absolute atomic E-state index is 11.2. The van der Waals surface area contributed by atoms with Crippen LogP contribution < -0.4 is 10.6 Å². The van der Waals surface area contributed by atoms with E-state index < -0.39 is 0 Å². The molecule has 1 rings (SSSR count). The second kappa shape index (κ2) is 7.98. The molecule has 0 unspecified atom stereocenters. The number of amides is 2. The Bertz CT molecular complexity index is 377. The van der Waals surface area contributed by atoms with Crippen LogP contribution in [-0.2, 0) is 0 Å². The highest BCUT2D eigenvalue weighted by molar-refractivity contribution is 6.30. The summed E-state index contributed by atoms with van der Waals surface area (Å²) in [7, 11) is 0. The van der Waals surface area contributed by atoms with Crippen LogP contribution in [0.3, 0.4) is 0 Å². The van der Waals surface area contributed by atoms with Crippen molar-refractivity contribution >= 4 is 35.3 Å². The van der Waals surface area contributed by atoms with Crippen LogP contribution >= 0.6 is 23.2 Å². The van der Waals surface area contributed by atoms with E-state index in [2.05, 4.69) is 10.6 Å². The van der Waals surface area contributed by atoms with Gasteiger partial charge in [0.2, 0.25) is 0 Å². The normalized spacial score (nSPS) is 10.5. The van der Waals surface area contributed by atoms with Gasteiger partial charge in [-0.2, -0.15) is 0 Å². The van der Waals surface area contributed by atoms with Crippen molar-refractivity contribution in [2.24, 2.45) is 0 Å². The van der Waals surface area contributed by atoms with E-state index in [1.807, 2.05) is 12.1 Å². The maximum Gasteiger partial charge on any atom is 0.318 e. The molecule has 1 aromatic rings. The van der Waals surface area contributed by atoms with Crippen molar-refractivity contribution in [3.8, 4) is 0 Å². The first kappa shape index (κ1) is 13.9. The lowest BCUT2D eigenvalue weighted by molar-refractivity contribution is 0.244. The molecule has 0 bridgehead atoms. The molecule has 2 amide bonds. The van der Waals surface area contributed by atoms with Gasteiger partial charge in [-0.05, 0) is 30.2 Å². The van der Waals surface area contributed by atoms with Gasteiger partial charge in [0.05, 0.1) is 0 Å². The Morgan fingerprint density at radius 3 is 2.65 bits per heavy atom. The molecule has 0 aromatic heterocycles. The minimum Gasteiger partial charge on any atom is -0.338 e. The van der Waals surface area contributed by atoms with Crippen LogP contribution in [0.25, 0.3) is 6.08 Å². The van der Waals surface area contributed by atoms with Crippen molar-refractivity contribution < 1.29 is 4.79 Å². The van der Waals surface area contributed by atoms with Gasteiger partial charge in [0, 0.05) is 23.6 Å². The fourth-order valence-corrected chi connectivity index (χ4v) is 1.37. The zero-order valence-electron chi connectivity index (χ0n) is 9.25. The van der Waals surface area contributed by atoms with E-state index in [1.165, 1.54) is 0 Å². The lowest BCUT2D eigenvalue weighted by atomic mass is 10.2. The first-order chi connectivity index (χ1) is 8.22. The molecule has 0 saturated heterocycles. The smallest absolute Gasteiger partial charge is 0.318 e. The van der Waals surface area contributed by atoms with Gasteiger partial charge in [-0.15, -0.1) is 11.6 Å². The molecule has 3 nitrogen and oxygen atoms in total. The summed E-state index contributed by atoms with van der Waals surface area (Å²) in [6.07, 6.45) is 4.13. The molecule has 0 aliphatic heterocycles. The number of benzene rings is 1. The molecular formula is C12H14Cl2N2O. The van der Waals surface area contributed by atoms with Crippen LogP contribution in [0.15, 0.2) is 30.5 Å². The van der Waals surface area contributed by atoms with Gasteiger partial charge < -0.3 is 10.6 Å². The monoisotopic (exact) mass is 272 g/mol. The summed E-state index contributed by atoms with van der Waals surface area (Å²) in [6, 6.07) is 7.08. The highest BCUT2D eigenvalue weighted by atomic mass is 35.5. The molecule has 92 valence electrons. The predicted molar refractivity (Wildman–Crippen MR) is 72.4 cm³/mol. The van der Waals surface area contributed by atoms with Gasteiger partial charge in [0.1, 0.15) is 0 Å². The molecule has 2 N–H and O–H groups in total. The molecule has 0 fully saturated rings. The summed E-state index contributed by atoms with van der Waals surface area (Å²) in [5.74, 6) is 0.543. The van der Waals surface area contributed by atoms with E-state index >= 15 is 0 Å². The van der Waals surface area contributed by atoms with E-state index in [4.69, 9.17) is 23.2 Å². The second-order valence-corrected chi connectivity index (χ2v) is 4.14. The van der Waals surface area contributed by atoms with Crippen LogP contribution in [0.4, 0.5) is 4.79 Å². The highest BCUT2D eigenvalue weighted by Crippen LogP contribution is 2.10. The molecule has 0 spiro atoms. The average molecular weight is 273 g/mol. The van der Waals surface area contributed by atoms with Crippen molar-refractivity contribution in [2.45, 2.75) is 6.42 Å². The standard InChI is InChI=1S/C12H14Cl2N2O/c13-7-1-8-15-12(17)16-9-6-10-2-4-11(14)5-3-10/h2-6,9H,1,7-8H2,(H2,15,16,17)/b9-6+. The number of nitrogens with one attached hydrogen (secondary N) is 2. The summed E-state index contributed by atoms with van der Waals surface area (Å²) in [4.78, 5) is 11.2. The Hall–Kier alpha value is -1.19. The number of carbonyl (C=O) groups excluding carboxylic acids is 1. The quantitative estimate of drug-likeness (QED) is 0.627. The lowest BCUT2D eigenvalue weighted by Crippen LogP contribution is -2.32. The maximum atomic E-state index is 11.2. The molecule has 0 atom stereocenters. The number of hydrogen-bond donors (Lipinski definition) is 2. The van der Waals surface area contributed by atoms with Gasteiger partial charge >= 0.3 is 6.03 Å². The number of halogens is 2. The number of hydrogen-bond acceptors (Lipinski definition) is 1. The molecular weight excluding hydrogens is 259 g/mol. The number of urea groups is 1. The molecule has 0 heterocycles. The van der Waals surface area contributed by atoms with Crippen LogP contribution in [0.2, 0.25) is 5.02 Å². The summed E-state index contributed by atoms with van der Waals surface area (Å²) in [6.45, 7) is 0.574. The van der Waals surface area contributed by atoms with Crippen LogP contribution in [0.1, 0.15) is 12.0 Å². The Morgan fingerprint density at radius 2 is 2.00 bits per heavy atom. The fraction of sp³-hybridized carbons (Fsp3) is 0.250. The van der Waals surface area contributed by atoms with Crippen molar-refractivity contribution in [3.63, 3.8) is 0 Å². The number of rotatable bonds is 5. The van der Waals surface area contributed by atoms with E-state index in [0.717, 1.165) is 12.0 Å². The average Bonchev–Trinajstić information content (AvgIpc) is 2.32. The minimum absolute atomic E-state index is 0.236. The third kappa shape index (κ3) is 6.19. The number of alkyl halides is 1. The van der Waals surface area contributed by atoms with Crippen molar-refractivity contribution in [1.82, 2.24) is 10.6 Å². The Balaban J connectivity index is 2.29. The minimum atomic E-state index is -0.236. The van der Waals surface area contributed by atoms with Crippen LogP contribution in [-0.4, -0.2) is 18.5 Å². The van der Waals surface area contributed by atoms with Crippen LogP contribution in [0.5, 0.6) is 0 Å². The van der Waals surface area contributed by atoms with Gasteiger partial charge in [-0.1, -0.05) is 23.7 Å². The Morgan fingerprint density at radius 1 is 1.29 bits per heavy atom. The van der Waals surface area contributed by atoms with E-state index in [0.29, 0.717) is 17.4 Å². The topological polar surface area (TPSA) is 41.1 Å². The largest absolute Gasteiger partial charge is 0.338 e. The summed E-state index contributed by atoms with van der Waals surface area (Å²) >= 11 is 11.2. The van der Waals surface area contributed by atoms with E-state index in [-0.39, 0.29) is 6.03 Å². The predicted octanol–water partition coefficient (Wildman–Crippen LogP) is 3.24. The van der Waals surface area contributed by atoms with E-state index in [1.54, 1.807) is 24.4 Å². The van der Waals surface area contributed by atoms with Gasteiger partial charge in [-0.25, -0.2) is 4.79 Å². The Labute approximate surface area is 111 Å². The third-order valence-electron chi connectivity index (χ3n) is 1.96. The first-order valence-corrected chi connectivity index (χ1v) is 6.16. The Kier molecular flexibility index (Phi) is 6.51. The lowest BCUT2D eigenvalue weighted by Gasteiger charge is -2.02. The zero-order chi connectivity index (χ0) is 12.5. The first-order valence-electron chi connectivity index (χ1n) is 5.25. The molecule has 0 aliphatic rings. The molecule has 0 radical (unpaired) electrons. The summed E-state index contributed by atoms with van der Waals surface area (Å²) in [5, 5.41) is 5.96. The molecule has 0 saturated carbocycles. The van der Waals surface area contributed by atoms with Gasteiger partial charge in [0.25, 0.3) is 0 Å².